The van der Waals surface area contributed by atoms with Crippen molar-refractivity contribution >= 4 is 34.2 Å². The summed E-state index contributed by atoms with van der Waals surface area (Å²) in [6, 6.07) is 0. The first-order valence-corrected chi connectivity index (χ1v) is 10.5. The first-order valence-electron chi connectivity index (χ1n) is 9.67. The maximum absolute atomic E-state index is 13.0. The fraction of sp³-hybridized carbons (Fsp3) is 0.650. The predicted molar refractivity (Wildman–Crippen MR) is 101 cm³/mol. The molecule has 5 atom stereocenters. The van der Waals surface area contributed by atoms with Gasteiger partial charge < -0.3 is 15.2 Å². The van der Waals surface area contributed by atoms with Gasteiger partial charge in [0.25, 0.3) is 0 Å². The van der Waals surface area contributed by atoms with Crippen LogP contribution in [0, 0.1) is 29.6 Å². The number of esters is 1. The molecule has 4 rings (SSSR count). The minimum atomic E-state index is -0.880. The van der Waals surface area contributed by atoms with Gasteiger partial charge in [0.15, 0.2) is 0 Å². The number of carboxylic acid groups (broad SMARTS) is 1. The van der Waals surface area contributed by atoms with Gasteiger partial charge in [-0.05, 0) is 61.8 Å². The molecule has 2 bridgehead atoms. The largest absolute Gasteiger partial charge is 0.481 e. The Morgan fingerprint density at radius 3 is 2.52 bits per heavy atom. The third-order valence-electron chi connectivity index (χ3n) is 6.64. The normalized spacial score (nSPS) is 31.4. The van der Waals surface area contributed by atoms with E-state index >= 15 is 0 Å². The molecule has 27 heavy (non-hydrogen) atoms. The number of carboxylic acids is 1. The summed E-state index contributed by atoms with van der Waals surface area (Å²) in [6.45, 7) is 2.19. The van der Waals surface area contributed by atoms with Crippen LogP contribution in [-0.2, 0) is 27.2 Å². The first-order chi connectivity index (χ1) is 12.9. The van der Waals surface area contributed by atoms with Crippen molar-refractivity contribution in [3.05, 3.63) is 16.0 Å². The Bertz CT molecular complexity index is 801. The van der Waals surface area contributed by atoms with E-state index in [4.69, 9.17) is 4.74 Å². The van der Waals surface area contributed by atoms with Crippen LogP contribution >= 0.6 is 11.3 Å². The van der Waals surface area contributed by atoms with Crippen molar-refractivity contribution < 1.29 is 24.2 Å². The van der Waals surface area contributed by atoms with Crippen LogP contribution < -0.4 is 5.32 Å². The van der Waals surface area contributed by atoms with Gasteiger partial charge in [0.2, 0.25) is 5.91 Å². The molecule has 1 aromatic rings. The molecule has 146 valence electrons. The molecule has 7 heteroatoms. The number of carbonyl (C=O) groups excluding carboxylic acids is 2. The second-order valence-electron chi connectivity index (χ2n) is 8.26. The molecule has 0 saturated heterocycles. The first kappa shape index (κ1) is 18.5. The number of fused-ring (bicyclic) bond motifs is 3. The van der Waals surface area contributed by atoms with Crippen LogP contribution in [0.2, 0.25) is 0 Å². The lowest BCUT2D eigenvalue weighted by Gasteiger charge is -2.26. The number of nitrogens with one attached hydrogen (secondary N) is 1. The minimum Gasteiger partial charge on any atom is -0.481 e. The maximum Gasteiger partial charge on any atom is 0.341 e. The van der Waals surface area contributed by atoms with E-state index in [0.29, 0.717) is 16.5 Å². The van der Waals surface area contributed by atoms with Gasteiger partial charge in [-0.25, -0.2) is 4.79 Å². The van der Waals surface area contributed by atoms with Crippen LogP contribution in [0.3, 0.4) is 0 Å². The van der Waals surface area contributed by atoms with E-state index in [1.165, 1.54) is 18.4 Å². The molecular formula is C20H25NO5S. The zero-order valence-electron chi connectivity index (χ0n) is 15.6. The second-order valence-corrected chi connectivity index (χ2v) is 9.36. The van der Waals surface area contributed by atoms with Crippen molar-refractivity contribution in [2.45, 2.75) is 45.4 Å². The zero-order chi connectivity index (χ0) is 19.3. The van der Waals surface area contributed by atoms with E-state index in [2.05, 4.69) is 12.2 Å². The fourth-order valence-electron chi connectivity index (χ4n) is 5.38. The number of ether oxygens (including phenoxy) is 1. The third-order valence-corrected chi connectivity index (χ3v) is 7.81. The van der Waals surface area contributed by atoms with E-state index in [1.807, 2.05) is 0 Å². The number of anilines is 1. The number of carbonyl (C=O) groups is 3. The molecular weight excluding hydrogens is 366 g/mol. The summed E-state index contributed by atoms with van der Waals surface area (Å²) in [5.74, 6) is -1.91. The number of hydrogen-bond donors (Lipinski definition) is 2. The Balaban J connectivity index is 1.63. The molecule has 1 amide bonds. The smallest absolute Gasteiger partial charge is 0.341 e. The number of hydrogen-bond acceptors (Lipinski definition) is 5. The highest BCUT2D eigenvalue weighted by Gasteiger charge is 2.54. The van der Waals surface area contributed by atoms with Crippen LogP contribution in [0.15, 0.2) is 0 Å². The van der Waals surface area contributed by atoms with Gasteiger partial charge in [-0.1, -0.05) is 6.92 Å². The lowest BCUT2D eigenvalue weighted by molar-refractivity contribution is -0.148. The fourth-order valence-corrected chi connectivity index (χ4v) is 6.78. The highest BCUT2D eigenvalue weighted by molar-refractivity contribution is 7.17. The molecule has 3 aliphatic rings. The van der Waals surface area contributed by atoms with Crippen molar-refractivity contribution in [3.8, 4) is 0 Å². The van der Waals surface area contributed by atoms with Crippen molar-refractivity contribution in [2.24, 2.45) is 29.6 Å². The Hall–Kier alpha value is -1.89. The van der Waals surface area contributed by atoms with E-state index in [-0.39, 0.29) is 17.7 Å². The number of amides is 1. The summed E-state index contributed by atoms with van der Waals surface area (Å²) in [7, 11) is 1.35. The molecule has 0 spiro atoms. The Kier molecular flexibility index (Phi) is 4.74. The zero-order valence-corrected chi connectivity index (χ0v) is 16.4. The third kappa shape index (κ3) is 3.06. The Morgan fingerprint density at radius 2 is 1.85 bits per heavy atom. The summed E-state index contributed by atoms with van der Waals surface area (Å²) in [5.41, 5.74) is 1.45. The summed E-state index contributed by atoms with van der Waals surface area (Å²) >= 11 is 1.45. The van der Waals surface area contributed by atoms with Gasteiger partial charge in [0.05, 0.1) is 24.5 Å². The molecule has 6 nitrogen and oxygen atoms in total. The summed E-state index contributed by atoms with van der Waals surface area (Å²) in [4.78, 5) is 38.3. The van der Waals surface area contributed by atoms with Crippen molar-refractivity contribution in [2.75, 3.05) is 12.4 Å². The molecule has 0 aromatic carbocycles. The molecule has 0 aliphatic heterocycles. The summed E-state index contributed by atoms with van der Waals surface area (Å²) in [6.07, 6.45) is 5.33. The Labute approximate surface area is 162 Å². The topological polar surface area (TPSA) is 92.7 Å². The Morgan fingerprint density at radius 1 is 1.15 bits per heavy atom. The van der Waals surface area contributed by atoms with Crippen molar-refractivity contribution in [1.29, 1.82) is 0 Å². The number of methoxy groups -OCH3 is 1. The van der Waals surface area contributed by atoms with Gasteiger partial charge in [-0.15, -0.1) is 11.3 Å². The van der Waals surface area contributed by atoms with Gasteiger partial charge in [-0.2, -0.15) is 0 Å². The van der Waals surface area contributed by atoms with Crippen molar-refractivity contribution in [1.82, 2.24) is 0 Å². The quantitative estimate of drug-likeness (QED) is 0.768. The highest BCUT2D eigenvalue weighted by Crippen LogP contribution is 2.53. The molecule has 1 heterocycles. The van der Waals surface area contributed by atoms with Crippen LogP contribution in [0.1, 0.15) is 53.4 Å². The SMILES string of the molecule is COC(=O)c1c(NC(=O)[C@@H]2[C@@H]3CC[C@@H](C3)[C@@H]2C(=O)O)sc2c1CC[C@@H](C)C2. The van der Waals surface area contributed by atoms with Crippen LogP contribution in [0.25, 0.3) is 0 Å². The summed E-state index contributed by atoms with van der Waals surface area (Å²) < 4.78 is 4.97. The second kappa shape index (κ2) is 6.93. The van der Waals surface area contributed by atoms with E-state index < -0.39 is 23.8 Å². The average Bonchev–Trinajstić information content (AvgIpc) is 3.32. The van der Waals surface area contributed by atoms with E-state index in [1.54, 1.807) is 0 Å². The van der Waals surface area contributed by atoms with Crippen LogP contribution in [0.5, 0.6) is 0 Å². The highest BCUT2D eigenvalue weighted by atomic mass is 32.1. The number of rotatable bonds is 4. The van der Waals surface area contributed by atoms with Gasteiger partial charge in [0, 0.05) is 4.88 Å². The monoisotopic (exact) mass is 391 g/mol. The molecule has 2 saturated carbocycles. The van der Waals surface area contributed by atoms with E-state index in [0.717, 1.165) is 49.0 Å². The molecule has 2 fully saturated rings. The molecule has 1 aromatic heterocycles. The predicted octanol–water partition coefficient (Wildman–Crippen LogP) is 3.34. The van der Waals surface area contributed by atoms with Gasteiger partial charge in [0.1, 0.15) is 5.00 Å². The van der Waals surface area contributed by atoms with Gasteiger partial charge in [-0.3, -0.25) is 9.59 Å². The molecule has 2 N–H and O–H groups in total. The van der Waals surface area contributed by atoms with Crippen LogP contribution in [0.4, 0.5) is 5.00 Å². The maximum atomic E-state index is 13.0. The van der Waals surface area contributed by atoms with Crippen LogP contribution in [-0.4, -0.2) is 30.1 Å². The lowest BCUT2D eigenvalue weighted by Crippen LogP contribution is -2.38. The van der Waals surface area contributed by atoms with E-state index in [9.17, 15) is 19.5 Å². The average molecular weight is 391 g/mol. The number of thiophene rings is 1. The minimum absolute atomic E-state index is 0.0979. The molecule has 0 radical (unpaired) electrons. The number of aliphatic carboxylic acids is 1. The van der Waals surface area contributed by atoms with Crippen molar-refractivity contribution in [3.63, 3.8) is 0 Å². The molecule has 3 aliphatic carbocycles. The lowest BCUT2D eigenvalue weighted by atomic mass is 9.78. The standard InChI is InChI=1S/C20H25NO5S/c1-9-3-6-12-13(7-9)27-18(16(12)20(25)26-2)21-17(22)14-10-4-5-11(8-10)15(14)19(23)24/h9-11,14-15H,3-8H2,1-2H3,(H,21,22)(H,23,24)/t9-,10-,11+,14-,15+/m1/s1. The molecule has 0 unspecified atom stereocenters. The van der Waals surface area contributed by atoms with Gasteiger partial charge >= 0.3 is 11.9 Å². The summed E-state index contributed by atoms with van der Waals surface area (Å²) in [5, 5.41) is 13.1.